The first-order valence-corrected chi connectivity index (χ1v) is 7.63. The molecule has 1 aliphatic carbocycles. The third-order valence-corrected chi connectivity index (χ3v) is 4.82. The lowest BCUT2D eigenvalue weighted by Crippen LogP contribution is -2.46. The summed E-state index contributed by atoms with van der Waals surface area (Å²) in [7, 11) is 1.74. The Morgan fingerprint density at radius 2 is 2.13 bits per heavy atom. The molecule has 1 aromatic rings. The molecule has 2 aliphatic rings. The average Bonchev–Trinajstić information content (AvgIpc) is 2.96. The maximum Gasteiger partial charge on any atom is 0.254 e. The fourth-order valence-electron chi connectivity index (χ4n) is 3.51. The van der Waals surface area contributed by atoms with Crippen LogP contribution in [0.3, 0.4) is 0 Å². The molecule has 1 heterocycles. The maximum absolute atomic E-state index is 13.7. The zero-order valence-corrected chi connectivity index (χ0v) is 12.9. The van der Waals surface area contributed by atoms with E-state index in [4.69, 9.17) is 0 Å². The van der Waals surface area contributed by atoms with E-state index < -0.39 is 17.5 Å². The van der Waals surface area contributed by atoms with E-state index >= 15 is 0 Å². The van der Waals surface area contributed by atoms with Gasteiger partial charge < -0.3 is 10.2 Å². The van der Waals surface area contributed by atoms with Crippen LogP contribution in [0.25, 0.3) is 0 Å². The van der Waals surface area contributed by atoms with Crippen LogP contribution in [0.1, 0.15) is 36.0 Å². The van der Waals surface area contributed by atoms with Gasteiger partial charge in [-0.3, -0.25) is 9.59 Å². The standard InChI is InChI=1S/C17H18F2N2O2/c1-21-14-3-2-7-17(14,8-6-15(21)22)10-20-16(23)12-9-11(18)4-5-13(12)19/h3-5,9H,2,6-8,10H2,1H3,(H,20,23). The quantitative estimate of drug-likeness (QED) is 0.931. The number of fused-ring (bicyclic) bond motifs is 1. The number of amides is 2. The molecule has 2 amide bonds. The summed E-state index contributed by atoms with van der Waals surface area (Å²) in [5, 5.41) is 2.71. The van der Waals surface area contributed by atoms with E-state index in [1.165, 1.54) is 0 Å². The first kappa shape index (κ1) is 15.6. The molecule has 1 saturated heterocycles. The number of nitrogens with one attached hydrogen (secondary N) is 1. The molecule has 4 nitrogen and oxygen atoms in total. The van der Waals surface area contributed by atoms with Crippen LogP contribution in [0, 0.1) is 17.0 Å². The molecule has 1 aliphatic heterocycles. The number of nitrogens with zero attached hydrogens (tertiary/aromatic N) is 1. The fraction of sp³-hybridized carbons (Fsp3) is 0.412. The van der Waals surface area contributed by atoms with Gasteiger partial charge in [-0.05, 0) is 37.5 Å². The summed E-state index contributed by atoms with van der Waals surface area (Å²) in [6.07, 6.45) is 4.79. The van der Waals surface area contributed by atoms with E-state index in [0.717, 1.165) is 36.7 Å². The van der Waals surface area contributed by atoms with Crippen LogP contribution >= 0.6 is 0 Å². The summed E-state index contributed by atoms with van der Waals surface area (Å²) in [6.45, 7) is 0.311. The van der Waals surface area contributed by atoms with Gasteiger partial charge in [0.1, 0.15) is 11.6 Å². The third kappa shape index (κ3) is 2.73. The first-order chi connectivity index (χ1) is 10.9. The predicted octanol–water partition coefficient (Wildman–Crippen LogP) is 2.61. The molecule has 1 N–H and O–H groups in total. The summed E-state index contributed by atoms with van der Waals surface area (Å²) in [5.74, 6) is -1.97. The number of likely N-dealkylation sites (tertiary alicyclic amines) is 1. The summed E-state index contributed by atoms with van der Waals surface area (Å²) >= 11 is 0. The van der Waals surface area contributed by atoms with Crippen molar-refractivity contribution in [3.8, 4) is 0 Å². The first-order valence-electron chi connectivity index (χ1n) is 7.63. The highest BCUT2D eigenvalue weighted by molar-refractivity contribution is 5.94. The van der Waals surface area contributed by atoms with Crippen molar-refractivity contribution >= 4 is 11.8 Å². The fourth-order valence-corrected chi connectivity index (χ4v) is 3.51. The smallest absolute Gasteiger partial charge is 0.254 e. The second-order valence-corrected chi connectivity index (χ2v) is 6.17. The third-order valence-electron chi connectivity index (χ3n) is 4.82. The number of halogens is 2. The number of rotatable bonds is 3. The van der Waals surface area contributed by atoms with Gasteiger partial charge in [0, 0.05) is 31.1 Å². The highest BCUT2D eigenvalue weighted by atomic mass is 19.1. The lowest BCUT2D eigenvalue weighted by atomic mass is 9.77. The number of piperidine rings is 1. The molecule has 1 atom stereocenters. The molecule has 1 unspecified atom stereocenters. The summed E-state index contributed by atoms with van der Waals surface area (Å²) in [6, 6.07) is 2.81. The number of hydrogen-bond acceptors (Lipinski definition) is 2. The number of hydrogen-bond donors (Lipinski definition) is 1. The Labute approximate surface area is 133 Å². The second-order valence-electron chi connectivity index (χ2n) is 6.17. The van der Waals surface area contributed by atoms with Gasteiger partial charge in [-0.25, -0.2) is 8.78 Å². The van der Waals surface area contributed by atoms with Crippen molar-refractivity contribution in [1.29, 1.82) is 0 Å². The van der Waals surface area contributed by atoms with Crippen molar-refractivity contribution < 1.29 is 18.4 Å². The van der Waals surface area contributed by atoms with Crippen molar-refractivity contribution in [2.24, 2.45) is 5.41 Å². The van der Waals surface area contributed by atoms with Crippen molar-refractivity contribution in [3.05, 3.63) is 47.2 Å². The normalized spacial score (nSPS) is 23.5. The molecule has 0 saturated carbocycles. The maximum atomic E-state index is 13.7. The number of carbonyl (C=O) groups is 2. The Morgan fingerprint density at radius 3 is 2.91 bits per heavy atom. The second kappa shape index (κ2) is 5.76. The molecule has 0 radical (unpaired) electrons. The molecule has 0 spiro atoms. The van der Waals surface area contributed by atoms with E-state index in [1.54, 1.807) is 11.9 Å². The van der Waals surface area contributed by atoms with Gasteiger partial charge in [0.25, 0.3) is 5.91 Å². The van der Waals surface area contributed by atoms with Crippen LogP contribution in [0.5, 0.6) is 0 Å². The zero-order chi connectivity index (χ0) is 16.6. The molecule has 1 fully saturated rings. The molecule has 6 heteroatoms. The minimum absolute atomic E-state index is 0.0660. The van der Waals surface area contributed by atoms with Gasteiger partial charge in [-0.2, -0.15) is 0 Å². The van der Waals surface area contributed by atoms with E-state index in [9.17, 15) is 18.4 Å². The summed E-state index contributed by atoms with van der Waals surface area (Å²) in [5.41, 5.74) is 0.334. The van der Waals surface area contributed by atoms with E-state index in [-0.39, 0.29) is 16.9 Å². The average molecular weight is 320 g/mol. The Hall–Kier alpha value is -2.24. The van der Waals surface area contributed by atoms with Gasteiger partial charge >= 0.3 is 0 Å². The predicted molar refractivity (Wildman–Crippen MR) is 80.4 cm³/mol. The monoisotopic (exact) mass is 320 g/mol. The van der Waals surface area contributed by atoms with Crippen LogP contribution in [0.4, 0.5) is 8.78 Å². The van der Waals surface area contributed by atoms with E-state index in [0.29, 0.717) is 19.4 Å². The van der Waals surface area contributed by atoms with Crippen LogP contribution in [0.15, 0.2) is 30.0 Å². The van der Waals surface area contributed by atoms with Crippen molar-refractivity contribution in [2.45, 2.75) is 25.7 Å². The topological polar surface area (TPSA) is 49.4 Å². The van der Waals surface area contributed by atoms with Gasteiger partial charge in [0.15, 0.2) is 0 Å². The Kier molecular flexibility index (Phi) is 3.92. The molecule has 23 heavy (non-hydrogen) atoms. The highest BCUT2D eigenvalue weighted by Gasteiger charge is 2.44. The highest BCUT2D eigenvalue weighted by Crippen LogP contribution is 2.46. The van der Waals surface area contributed by atoms with Gasteiger partial charge in [-0.1, -0.05) is 6.08 Å². The minimum Gasteiger partial charge on any atom is -0.351 e. The Morgan fingerprint density at radius 1 is 1.35 bits per heavy atom. The van der Waals surface area contributed by atoms with Gasteiger partial charge in [-0.15, -0.1) is 0 Å². The molecule has 122 valence electrons. The lowest BCUT2D eigenvalue weighted by molar-refractivity contribution is -0.131. The zero-order valence-electron chi connectivity index (χ0n) is 12.9. The SMILES string of the molecule is CN1C(=O)CCC2(CNC(=O)c3cc(F)ccc3F)CCC=C12. The lowest BCUT2D eigenvalue weighted by Gasteiger charge is -2.41. The summed E-state index contributed by atoms with van der Waals surface area (Å²) in [4.78, 5) is 25.6. The minimum atomic E-state index is -0.750. The molecule has 0 bridgehead atoms. The Balaban J connectivity index is 1.75. The van der Waals surface area contributed by atoms with Crippen molar-refractivity contribution in [2.75, 3.05) is 13.6 Å². The number of allylic oxidation sites excluding steroid dienone is 1. The number of benzene rings is 1. The molecular formula is C17H18F2N2O2. The van der Waals surface area contributed by atoms with Crippen LogP contribution in [-0.2, 0) is 4.79 Å². The van der Waals surface area contributed by atoms with Crippen LogP contribution in [0.2, 0.25) is 0 Å². The van der Waals surface area contributed by atoms with Crippen LogP contribution in [-0.4, -0.2) is 30.3 Å². The number of carbonyl (C=O) groups excluding carboxylic acids is 2. The van der Waals surface area contributed by atoms with E-state index in [2.05, 4.69) is 5.32 Å². The Bertz CT molecular complexity index is 702. The molecule has 0 aromatic heterocycles. The van der Waals surface area contributed by atoms with Crippen molar-refractivity contribution in [3.63, 3.8) is 0 Å². The van der Waals surface area contributed by atoms with Gasteiger partial charge in [0.2, 0.25) is 5.91 Å². The molecule has 3 rings (SSSR count). The molecular weight excluding hydrogens is 302 g/mol. The van der Waals surface area contributed by atoms with E-state index in [1.807, 2.05) is 6.08 Å². The van der Waals surface area contributed by atoms with Gasteiger partial charge in [0.05, 0.1) is 5.56 Å². The van der Waals surface area contributed by atoms with Crippen molar-refractivity contribution in [1.82, 2.24) is 10.2 Å². The summed E-state index contributed by atoms with van der Waals surface area (Å²) < 4.78 is 26.9. The van der Waals surface area contributed by atoms with Crippen LogP contribution < -0.4 is 5.32 Å². The molecule has 1 aromatic carbocycles. The largest absolute Gasteiger partial charge is 0.351 e.